The number of hydrogen-bond donors (Lipinski definition) is 2. The molecule has 0 saturated carbocycles. The van der Waals surface area contributed by atoms with E-state index in [2.05, 4.69) is 15.2 Å². The summed E-state index contributed by atoms with van der Waals surface area (Å²) >= 11 is 0. The van der Waals surface area contributed by atoms with Gasteiger partial charge < -0.3 is 9.84 Å². The molecule has 1 amide bonds. The summed E-state index contributed by atoms with van der Waals surface area (Å²) < 4.78 is 31.6. The summed E-state index contributed by atoms with van der Waals surface area (Å²) in [6.07, 6.45) is 0. The van der Waals surface area contributed by atoms with Crippen LogP contribution in [0.15, 0.2) is 71.3 Å². The summed E-state index contributed by atoms with van der Waals surface area (Å²) in [7, 11) is -3.51. The highest BCUT2D eigenvalue weighted by atomic mass is 32.2. The average Bonchev–Trinajstić information content (AvgIpc) is 3.18. The van der Waals surface area contributed by atoms with Crippen molar-refractivity contribution in [3.05, 3.63) is 78.1 Å². The highest BCUT2D eigenvalue weighted by Crippen LogP contribution is 2.18. The van der Waals surface area contributed by atoms with E-state index in [9.17, 15) is 13.2 Å². The van der Waals surface area contributed by atoms with Crippen molar-refractivity contribution in [1.82, 2.24) is 15.2 Å². The molecule has 3 aromatic rings. The predicted octanol–water partition coefficient (Wildman–Crippen LogP) is 2.19. The van der Waals surface area contributed by atoms with Crippen molar-refractivity contribution in [2.45, 2.75) is 6.54 Å². The van der Waals surface area contributed by atoms with Gasteiger partial charge >= 0.3 is 0 Å². The van der Waals surface area contributed by atoms with Gasteiger partial charge in [0.05, 0.1) is 5.75 Å². The third-order valence-corrected chi connectivity index (χ3v) is 5.12. The molecule has 27 heavy (non-hydrogen) atoms. The van der Waals surface area contributed by atoms with Crippen molar-refractivity contribution in [2.24, 2.45) is 0 Å². The zero-order chi connectivity index (χ0) is 19.1. The molecule has 1 heterocycles. The number of aromatic nitrogens is 1. The second-order valence-corrected chi connectivity index (χ2v) is 7.75. The van der Waals surface area contributed by atoms with Gasteiger partial charge in [0.1, 0.15) is 5.69 Å². The van der Waals surface area contributed by atoms with Crippen LogP contribution in [0, 0.1) is 0 Å². The van der Waals surface area contributed by atoms with Gasteiger partial charge in [0, 0.05) is 24.7 Å². The first-order chi connectivity index (χ1) is 13.0. The maximum atomic E-state index is 12.1. The van der Waals surface area contributed by atoms with Gasteiger partial charge in [-0.3, -0.25) is 4.79 Å². The Morgan fingerprint density at radius 2 is 1.67 bits per heavy atom. The monoisotopic (exact) mass is 385 g/mol. The van der Waals surface area contributed by atoms with Gasteiger partial charge in [-0.1, -0.05) is 65.8 Å². The van der Waals surface area contributed by atoms with E-state index in [0.29, 0.717) is 5.69 Å². The molecule has 0 radical (unpaired) electrons. The fourth-order valence-electron chi connectivity index (χ4n) is 2.37. The fraction of sp³-hybridized carbons (Fsp3) is 0.158. The molecule has 7 nitrogen and oxygen atoms in total. The molecule has 0 atom stereocenters. The van der Waals surface area contributed by atoms with E-state index in [1.54, 1.807) is 0 Å². The second-order valence-electron chi connectivity index (χ2n) is 5.82. The van der Waals surface area contributed by atoms with Crippen LogP contribution in [0.1, 0.15) is 16.1 Å². The molecule has 8 heteroatoms. The standard InChI is InChI=1S/C19H19N3O4S/c23-19(18-13-17(22-26-18)16-9-5-2-6-10-16)20-11-12-27(24,25)21-14-15-7-3-1-4-8-15/h1-10,13,21H,11-12,14H2,(H,20,23). The lowest BCUT2D eigenvalue weighted by molar-refractivity contribution is 0.0919. The number of sulfonamides is 1. The Balaban J connectivity index is 1.48. The maximum Gasteiger partial charge on any atom is 0.289 e. The molecule has 0 aliphatic rings. The van der Waals surface area contributed by atoms with Gasteiger partial charge in [-0.25, -0.2) is 13.1 Å². The molecule has 0 aliphatic carbocycles. The van der Waals surface area contributed by atoms with E-state index in [0.717, 1.165) is 11.1 Å². The predicted molar refractivity (Wildman–Crippen MR) is 101 cm³/mol. The third-order valence-electron chi connectivity index (χ3n) is 3.80. The quantitative estimate of drug-likeness (QED) is 0.619. The van der Waals surface area contributed by atoms with Gasteiger partial charge in [0.25, 0.3) is 5.91 Å². The molecule has 0 unspecified atom stereocenters. The normalized spacial score (nSPS) is 11.3. The number of carbonyl (C=O) groups is 1. The summed E-state index contributed by atoms with van der Waals surface area (Å²) in [5.74, 6) is -0.711. The van der Waals surface area contributed by atoms with Gasteiger partial charge in [-0.2, -0.15) is 0 Å². The average molecular weight is 385 g/mol. The summed E-state index contributed by atoms with van der Waals surface area (Å²) in [5.41, 5.74) is 2.23. The first-order valence-electron chi connectivity index (χ1n) is 8.35. The van der Waals surface area contributed by atoms with E-state index >= 15 is 0 Å². The molecule has 0 saturated heterocycles. The van der Waals surface area contributed by atoms with E-state index in [1.807, 2.05) is 60.7 Å². The van der Waals surface area contributed by atoms with Crippen LogP contribution < -0.4 is 10.0 Å². The number of rotatable bonds is 8. The van der Waals surface area contributed by atoms with Crippen LogP contribution >= 0.6 is 0 Å². The minimum atomic E-state index is -3.51. The third kappa shape index (κ3) is 5.50. The summed E-state index contributed by atoms with van der Waals surface area (Å²) in [5, 5.41) is 6.39. The Bertz CT molecular complexity index is 986. The fourth-order valence-corrected chi connectivity index (χ4v) is 3.28. The van der Waals surface area contributed by atoms with Crippen molar-refractivity contribution in [3.63, 3.8) is 0 Å². The first kappa shape index (κ1) is 18.8. The number of hydrogen-bond acceptors (Lipinski definition) is 5. The van der Waals surface area contributed by atoms with Crippen LogP contribution in [0.5, 0.6) is 0 Å². The van der Waals surface area contributed by atoms with Crippen LogP contribution in [0.4, 0.5) is 0 Å². The molecular formula is C19H19N3O4S. The second kappa shape index (κ2) is 8.61. The van der Waals surface area contributed by atoms with Gasteiger partial charge in [-0.05, 0) is 5.56 Å². The lowest BCUT2D eigenvalue weighted by Gasteiger charge is -2.07. The SMILES string of the molecule is O=C(NCCS(=O)(=O)NCc1ccccc1)c1cc(-c2ccccc2)no1. The minimum Gasteiger partial charge on any atom is -0.350 e. The smallest absolute Gasteiger partial charge is 0.289 e. The molecule has 0 fully saturated rings. The highest BCUT2D eigenvalue weighted by Gasteiger charge is 2.15. The van der Waals surface area contributed by atoms with E-state index in [1.165, 1.54) is 6.07 Å². The summed E-state index contributed by atoms with van der Waals surface area (Å²) in [6, 6.07) is 20.0. The Hall–Kier alpha value is -2.97. The molecule has 3 rings (SSSR count). The van der Waals surface area contributed by atoms with Crippen LogP contribution in [0.2, 0.25) is 0 Å². The summed E-state index contributed by atoms with van der Waals surface area (Å²) in [6.45, 7) is 0.171. The van der Waals surface area contributed by atoms with Crippen molar-refractivity contribution in [3.8, 4) is 11.3 Å². The van der Waals surface area contributed by atoms with Crippen LogP contribution in [-0.4, -0.2) is 31.8 Å². The molecule has 0 spiro atoms. The van der Waals surface area contributed by atoms with Crippen LogP contribution in [0.3, 0.4) is 0 Å². The van der Waals surface area contributed by atoms with Crippen molar-refractivity contribution >= 4 is 15.9 Å². The molecule has 140 valence electrons. The lowest BCUT2D eigenvalue weighted by atomic mass is 10.1. The number of amides is 1. The Labute approximate surface area is 157 Å². The summed E-state index contributed by atoms with van der Waals surface area (Å²) in [4.78, 5) is 12.1. The highest BCUT2D eigenvalue weighted by molar-refractivity contribution is 7.89. The number of benzene rings is 2. The molecule has 2 N–H and O–H groups in total. The number of nitrogens with one attached hydrogen (secondary N) is 2. The number of carbonyl (C=O) groups excluding carboxylic acids is 1. The van der Waals surface area contributed by atoms with Gasteiger partial charge in [-0.15, -0.1) is 0 Å². The largest absolute Gasteiger partial charge is 0.350 e. The molecule has 0 aliphatic heterocycles. The molecule has 2 aromatic carbocycles. The van der Waals surface area contributed by atoms with Crippen molar-refractivity contribution in [1.29, 1.82) is 0 Å². The van der Waals surface area contributed by atoms with Crippen LogP contribution in [-0.2, 0) is 16.6 Å². The first-order valence-corrected chi connectivity index (χ1v) is 10.0. The van der Waals surface area contributed by atoms with Gasteiger partial charge in [0.2, 0.25) is 15.8 Å². The topological polar surface area (TPSA) is 101 Å². The lowest BCUT2D eigenvalue weighted by Crippen LogP contribution is -2.34. The molecule has 0 bridgehead atoms. The van der Waals surface area contributed by atoms with Crippen molar-refractivity contribution < 1.29 is 17.7 Å². The van der Waals surface area contributed by atoms with Crippen molar-refractivity contribution in [2.75, 3.05) is 12.3 Å². The van der Waals surface area contributed by atoms with E-state index in [4.69, 9.17) is 4.52 Å². The van der Waals surface area contributed by atoms with Gasteiger partial charge in [0.15, 0.2) is 0 Å². The Kier molecular flexibility index (Phi) is 6.00. The molecule has 1 aromatic heterocycles. The van der Waals surface area contributed by atoms with E-state index < -0.39 is 15.9 Å². The molecular weight excluding hydrogens is 366 g/mol. The van der Waals surface area contributed by atoms with Crippen LogP contribution in [0.25, 0.3) is 11.3 Å². The van der Waals surface area contributed by atoms with E-state index in [-0.39, 0.29) is 24.6 Å². The Morgan fingerprint density at radius 3 is 2.37 bits per heavy atom. The zero-order valence-electron chi connectivity index (χ0n) is 14.5. The maximum absolute atomic E-state index is 12.1. The zero-order valence-corrected chi connectivity index (χ0v) is 15.3. The number of nitrogens with zero attached hydrogens (tertiary/aromatic N) is 1. The minimum absolute atomic E-state index is 0.0310. The Morgan fingerprint density at radius 1 is 1.00 bits per heavy atom.